The topological polar surface area (TPSA) is 83.9 Å². The summed E-state index contributed by atoms with van der Waals surface area (Å²) in [5.74, 6) is -1.70. The number of anilines is 1. The molecule has 1 heterocycles. The largest absolute Gasteiger partial charge is 0.573 e. The molecule has 35 heavy (non-hydrogen) atoms. The molecule has 0 radical (unpaired) electrons. The summed E-state index contributed by atoms with van der Waals surface area (Å²) in [5, 5.41) is 9.49. The van der Waals surface area contributed by atoms with Crippen molar-refractivity contribution in [2.75, 3.05) is 10.8 Å². The number of ether oxygens (including phenoxy) is 1. The third-order valence-electron chi connectivity index (χ3n) is 5.63. The van der Waals surface area contributed by atoms with E-state index in [0.29, 0.717) is 27.4 Å². The van der Waals surface area contributed by atoms with Gasteiger partial charge in [0.05, 0.1) is 10.6 Å². The molecule has 0 amide bonds. The van der Waals surface area contributed by atoms with Gasteiger partial charge in [-0.3, -0.25) is 9.10 Å². The van der Waals surface area contributed by atoms with Crippen molar-refractivity contribution in [1.82, 2.24) is 0 Å². The average molecular weight is 526 g/mol. The second-order valence-corrected chi connectivity index (χ2v) is 10.3. The van der Waals surface area contributed by atoms with E-state index in [1.807, 2.05) is 0 Å². The second kappa shape index (κ2) is 9.43. The molecule has 0 aromatic heterocycles. The van der Waals surface area contributed by atoms with Gasteiger partial charge >= 0.3 is 12.3 Å². The summed E-state index contributed by atoms with van der Waals surface area (Å²) in [6, 6.07) is 16.0. The predicted octanol–water partition coefficient (Wildman–Crippen LogP) is 6.06. The van der Waals surface area contributed by atoms with Gasteiger partial charge in [-0.2, -0.15) is 0 Å². The van der Waals surface area contributed by atoms with Gasteiger partial charge in [-0.25, -0.2) is 8.42 Å². The number of fused-ring (bicyclic) bond motifs is 1. The van der Waals surface area contributed by atoms with Crippen LogP contribution in [-0.4, -0.2) is 32.4 Å². The lowest BCUT2D eigenvalue weighted by atomic mass is 9.96. The Hall–Kier alpha value is -3.24. The number of hydrogen-bond donors (Lipinski definition) is 1. The zero-order valence-corrected chi connectivity index (χ0v) is 19.6. The molecule has 184 valence electrons. The van der Waals surface area contributed by atoms with E-state index in [0.717, 1.165) is 12.1 Å². The highest BCUT2D eigenvalue weighted by atomic mass is 35.5. The van der Waals surface area contributed by atoms with E-state index in [9.17, 15) is 26.4 Å². The predicted molar refractivity (Wildman–Crippen MR) is 124 cm³/mol. The number of nitrogens with zero attached hydrogens (tertiary/aromatic N) is 1. The van der Waals surface area contributed by atoms with E-state index in [4.69, 9.17) is 16.7 Å². The van der Waals surface area contributed by atoms with Crippen molar-refractivity contribution in [3.63, 3.8) is 0 Å². The summed E-state index contributed by atoms with van der Waals surface area (Å²) >= 11 is 6.11. The lowest BCUT2D eigenvalue weighted by Gasteiger charge is -2.20. The highest BCUT2D eigenvalue weighted by Crippen LogP contribution is 2.43. The maximum Gasteiger partial charge on any atom is 0.573 e. The molecular weight excluding hydrogens is 507 g/mol. The van der Waals surface area contributed by atoms with Crippen LogP contribution in [0.25, 0.3) is 11.1 Å². The number of benzene rings is 3. The van der Waals surface area contributed by atoms with E-state index in [-0.39, 0.29) is 35.9 Å². The number of halogens is 4. The van der Waals surface area contributed by atoms with Crippen molar-refractivity contribution >= 4 is 33.3 Å². The highest BCUT2D eigenvalue weighted by molar-refractivity contribution is 7.92. The van der Waals surface area contributed by atoms with Crippen LogP contribution in [0.4, 0.5) is 18.9 Å². The molecule has 1 aliphatic heterocycles. The molecule has 6 nitrogen and oxygen atoms in total. The van der Waals surface area contributed by atoms with Crippen molar-refractivity contribution in [3.05, 3.63) is 77.3 Å². The fourth-order valence-corrected chi connectivity index (χ4v) is 5.82. The Morgan fingerprint density at radius 2 is 1.77 bits per heavy atom. The molecule has 1 atom stereocenters. The minimum Gasteiger partial charge on any atom is -0.481 e. The van der Waals surface area contributed by atoms with Gasteiger partial charge in [0.25, 0.3) is 10.0 Å². The standard InChI is InChI=1S/C24H19ClF3NO5S/c25-18-7-10-22-21(13-18)17(6-11-23(30)31)14-29(22)35(32,33)20-3-1-2-16(12-20)15-4-8-19(9-5-15)34-24(26,27)28/h1-5,7-10,12-13,17H,6,11,14H2,(H,30,31). The summed E-state index contributed by atoms with van der Waals surface area (Å²) in [4.78, 5) is 11.1. The van der Waals surface area contributed by atoms with Crippen LogP contribution in [0.5, 0.6) is 5.75 Å². The lowest BCUT2D eigenvalue weighted by Crippen LogP contribution is -2.30. The first kappa shape index (κ1) is 24.9. The van der Waals surface area contributed by atoms with E-state index in [1.165, 1.54) is 28.6 Å². The van der Waals surface area contributed by atoms with Crippen molar-refractivity contribution in [3.8, 4) is 16.9 Å². The van der Waals surface area contributed by atoms with Crippen LogP contribution in [0.1, 0.15) is 24.3 Å². The monoisotopic (exact) mass is 525 g/mol. The molecule has 0 spiro atoms. The number of aliphatic carboxylic acids is 1. The fourth-order valence-electron chi connectivity index (χ4n) is 4.06. The Labute approximate surface area is 204 Å². The van der Waals surface area contributed by atoms with Crippen LogP contribution in [0, 0.1) is 0 Å². The zero-order valence-electron chi connectivity index (χ0n) is 18.0. The van der Waals surface area contributed by atoms with E-state index < -0.39 is 22.4 Å². The maximum atomic E-state index is 13.6. The first-order chi connectivity index (χ1) is 16.4. The van der Waals surface area contributed by atoms with Crippen LogP contribution in [0.2, 0.25) is 5.02 Å². The number of alkyl halides is 3. The molecule has 0 bridgehead atoms. The van der Waals surface area contributed by atoms with Gasteiger partial charge in [0.1, 0.15) is 5.75 Å². The van der Waals surface area contributed by atoms with Crippen molar-refractivity contribution in [1.29, 1.82) is 0 Å². The molecule has 0 aliphatic carbocycles. The molecular formula is C24H19ClF3NO5S. The quantitative estimate of drug-likeness (QED) is 0.405. The fraction of sp³-hybridized carbons (Fsp3) is 0.208. The Morgan fingerprint density at radius 1 is 1.06 bits per heavy atom. The number of rotatable bonds is 7. The Kier molecular flexibility index (Phi) is 6.70. The van der Waals surface area contributed by atoms with Crippen molar-refractivity contribution in [2.45, 2.75) is 30.0 Å². The Balaban J connectivity index is 1.64. The van der Waals surface area contributed by atoms with Crippen LogP contribution in [-0.2, 0) is 14.8 Å². The molecule has 0 fully saturated rings. The van der Waals surface area contributed by atoms with Crippen LogP contribution in [0.15, 0.2) is 71.6 Å². The minimum atomic E-state index is -4.81. The normalized spacial score (nSPS) is 15.7. The van der Waals surface area contributed by atoms with E-state index in [1.54, 1.807) is 30.3 Å². The number of sulfonamides is 1. The Bertz CT molecular complexity index is 1360. The Morgan fingerprint density at radius 3 is 2.43 bits per heavy atom. The first-order valence-electron chi connectivity index (χ1n) is 10.4. The summed E-state index contributed by atoms with van der Waals surface area (Å²) in [5.41, 5.74) is 2.09. The lowest BCUT2D eigenvalue weighted by molar-refractivity contribution is -0.274. The molecule has 11 heteroatoms. The van der Waals surface area contributed by atoms with Gasteiger partial charge in [0.15, 0.2) is 0 Å². The first-order valence-corrected chi connectivity index (χ1v) is 12.3. The van der Waals surface area contributed by atoms with Gasteiger partial charge < -0.3 is 9.84 Å². The van der Waals surface area contributed by atoms with Crippen molar-refractivity contribution < 1.29 is 36.2 Å². The van der Waals surface area contributed by atoms with Gasteiger partial charge in [0, 0.05) is 23.9 Å². The smallest absolute Gasteiger partial charge is 0.481 e. The van der Waals surface area contributed by atoms with E-state index >= 15 is 0 Å². The average Bonchev–Trinajstić information content (AvgIpc) is 3.15. The molecule has 0 saturated heterocycles. The van der Waals surface area contributed by atoms with Crippen LogP contribution in [0.3, 0.4) is 0 Å². The van der Waals surface area contributed by atoms with Crippen molar-refractivity contribution in [2.24, 2.45) is 0 Å². The molecule has 1 N–H and O–H groups in total. The van der Waals surface area contributed by atoms with Gasteiger partial charge in [-0.15, -0.1) is 13.2 Å². The van der Waals surface area contributed by atoms with Gasteiger partial charge in [-0.1, -0.05) is 35.9 Å². The zero-order chi connectivity index (χ0) is 25.4. The highest BCUT2D eigenvalue weighted by Gasteiger charge is 2.37. The number of hydrogen-bond acceptors (Lipinski definition) is 4. The summed E-state index contributed by atoms with van der Waals surface area (Å²) < 4.78 is 69.5. The molecule has 1 unspecified atom stereocenters. The molecule has 3 aromatic carbocycles. The molecule has 3 aromatic rings. The summed E-state index contributed by atoms with van der Waals surface area (Å²) in [6.45, 7) is 0.0684. The number of carbonyl (C=O) groups is 1. The van der Waals surface area contributed by atoms with Crippen LogP contribution < -0.4 is 9.04 Å². The molecule has 0 saturated carbocycles. The van der Waals surface area contributed by atoms with Gasteiger partial charge in [0.2, 0.25) is 0 Å². The third kappa shape index (κ3) is 5.54. The SMILES string of the molecule is O=C(O)CCC1CN(S(=O)(=O)c2cccc(-c3ccc(OC(F)(F)F)cc3)c2)c2ccc(Cl)cc21. The second-order valence-electron chi connectivity index (χ2n) is 7.97. The maximum absolute atomic E-state index is 13.6. The number of carboxylic acids is 1. The van der Waals surface area contributed by atoms with E-state index in [2.05, 4.69) is 4.74 Å². The van der Waals surface area contributed by atoms with Gasteiger partial charge in [-0.05, 0) is 65.6 Å². The number of carboxylic acid groups (broad SMARTS) is 1. The minimum absolute atomic E-state index is 0.00889. The third-order valence-corrected chi connectivity index (χ3v) is 7.65. The van der Waals surface area contributed by atoms with Crippen LogP contribution >= 0.6 is 11.6 Å². The molecule has 4 rings (SSSR count). The summed E-state index contributed by atoms with van der Waals surface area (Å²) in [6.07, 6.45) is -4.68. The summed E-state index contributed by atoms with van der Waals surface area (Å²) in [7, 11) is -4.03. The molecule has 1 aliphatic rings.